The van der Waals surface area contributed by atoms with Crippen molar-refractivity contribution in [3.05, 3.63) is 56.2 Å². The maximum atomic E-state index is 12.0. The molecule has 0 fully saturated rings. The SMILES string of the molecule is CCC(=NNC(=O)c1ccccc1O)c1c(O)[nH]c(=O)[nH]c1=O. The predicted molar refractivity (Wildman–Crippen MR) is 81.7 cm³/mol. The number of nitrogens with one attached hydrogen (secondary N) is 3. The van der Waals surface area contributed by atoms with Gasteiger partial charge >= 0.3 is 5.69 Å². The van der Waals surface area contributed by atoms with Gasteiger partial charge in [0.1, 0.15) is 11.3 Å². The van der Waals surface area contributed by atoms with Crippen LogP contribution in [0.15, 0.2) is 39.0 Å². The first kappa shape index (κ1) is 16.0. The number of aromatic hydroxyl groups is 2. The van der Waals surface area contributed by atoms with Gasteiger partial charge in [-0.3, -0.25) is 19.6 Å². The van der Waals surface area contributed by atoms with Gasteiger partial charge in [0.25, 0.3) is 11.5 Å². The summed E-state index contributed by atoms with van der Waals surface area (Å²) in [4.78, 5) is 38.8. The number of phenols is 1. The second kappa shape index (κ2) is 6.60. The van der Waals surface area contributed by atoms with E-state index in [-0.39, 0.29) is 29.0 Å². The van der Waals surface area contributed by atoms with Crippen LogP contribution in [0.5, 0.6) is 11.6 Å². The summed E-state index contributed by atoms with van der Waals surface area (Å²) in [6.45, 7) is 1.65. The fourth-order valence-corrected chi connectivity index (χ4v) is 1.90. The van der Waals surface area contributed by atoms with Crippen LogP contribution in [0.25, 0.3) is 0 Å². The summed E-state index contributed by atoms with van der Waals surface area (Å²) in [5.41, 5.74) is 0.324. The first-order valence-electron chi connectivity index (χ1n) is 6.64. The third-order valence-corrected chi connectivity index (χ3v) is 2.99. The molecule has 2 aromatic rings. The number of phenolic OH excluding ortho intramolecular Hbond substituents is 1. The van der Waals surface area contributed by atoms with Crippen LogP contribution in [-0.2, 0) is 0 Å². The topological polar surface area (TPSA) is 148 Å². The van der Waals surface area contributed by atoms with Crippen LogP contribution in [0.2, 0.25) is 0 Å². The van der Waals surface area contributed by atoms with Gasteiger partial charge in [-0.2, -0.15) is 5.10 Å². The quantitative estimate of drug-likeness (QED) is 0.398. The van der Waals surface area contributed by atoms with Crippen molar-refractivity contribution in [3.8, 4) is 11.6 Å². The standard InChI is InChI=1S/C14H14N4O5/c1-2-8(10-12(21)15-14(23)16-13(10)22)17-18-11(20)7-5-3-4-6-9(7)19/h3-6,19H,2H2,1H3,(H,18,20)(H3,15,16,21,22,23). The van der Waals surface area contributed by atoms with Gasteiger partial charge in [-0.25, -0.2) is 10.2 Å². The minimum absolute atomic E-state index is 0.00584. The van der Waals surface area contributed by atoms with Gasteiger partial charge in [-0.05, 0) is 18.6 Å². The molecule has 0 aliphatic rings. The number of hydrazone groups is 1. The van der Waals surface area contributed by atoms with Crippen LogP contribution >= 0.6 is 0 Å². The summed E-state index contributed by atoms with van der Waals surface area (Å²) in [7, 11) is 0. The second-order valence-electron chi connectivity index (χ2n) is 4.50. The first-order chi connectivity index (χ1) is 10.9. The van der Waals surface area contributed by atoms with Crippen LogP contribution in [0.4, 0.5) is 0 Å². The highest BCUT2D eigenvalue weighted by Crippen LogP contribution is 2.15. The van der Waals surface area contributed by atoms with E-state index in [0.717, 1.165) is 0 Å². The maximum Gasteiger partial charge on any atom is 0.328 e. The zero-order valence-electron chi connectivity index (χ0n) is 12.1. The number of hydrogen-bond acceptors (Lipinski definition) is 6. The molecule has 0 atom stereocenters. The molecule has 1 heterocycles. The van der Waals surface area contributed by atoms with Gasteiger partial charge in [0, 0.05) is 0 Å². The summed E-state index contributed by atoms with van der Waals surface area (Å²) >= 11 is 0. The number of hydrogen-bond donors (Lipinski definition) is 5. The fourth-order valence-electron chi connectivity index (χ4n) is 1.90. The number of amides is 1. The highest BCUT2D eigenvalue weighted by Gasteiger charge is 2.15. The Labute approximate surface area is 129 Å². The molecule has 120 valence electrons. The first-order valence-corrected chi connectivity index (χ1v) is 6.64. The third kappa shape index (κ3) is 3.46. The van der Waals surface area contributed by atoms with Crippen molar-refractivity contribution in [2.24, 2.45) is 5.10 Å². The van der Waals surface area contributed by atoms with Gasteiger partial charge in [-0.1, -0.05) is 19.1 Å². The molecule has 5 N–H and O–H groups in total. The highest BCUT2D eigenvalue weighted by atomic mass is 16.3. The zero-order chi connectivity index (χ0) is 17.0. The molecule has 9 nitrogen and oxygen atoms in total. The van der Waals surface area contributed by atoms with Crippen molar-refractivity contribution in [2.75, 3.05) is 0 Å². The Morgan fingerprint density at radius 2 is 1.91 bits per heavy atom. The van der Waals surface area contributed by atoms with Crippen LogP contribution < -0.4 is 16.7 Å². The van der Waals surface area contributed by atoms with Crippen molar-refractivity contribution in [2.45, 2.75) is 13.3 Å². The molecule has 1 aromatic heterocycles. The van der Waals surface area contributed by atoms with Gasteiger partial charge in [0.15, 0.2) is 0 Å². The Balaban J connectivity index is 2.34. The van der Waals surface area contributed by atoms with Gasteiger partial charge < -0.3 is 10.2 Å². The lowest BCUT2D eigenvalue weighted by Gasteiger charge is -2.06. The van der Waals surface area contributed by atoms with Crippen molar-refractivity contribution in [1.82, 2.24) is 15.4 Å². The van der Waals surface area contributed by atoms with Crippen LogP contribution in [0.1, 0.15) is 29.3 Å². The van der Waals surface area contributed by atoms with E-state index in [0.29, 0.717) is 0 Å². The lowest BCUT2D eigenvalue weighted by molar-refractivity contribution is 0.0952. The molecule has 0 aliphatic heterocycles. The average molecular weight is 318 g/mol. The second-order valence-corrected chi connectivity index (χ2v) is 4.50. The van der Waals surface area contributed by atoms with Gasteiger partial charge in [0.2, 0.25) is 5.88 Å². The molecule has 0 unspecified atom stereocenters. The fraction of sp³-hybridized carbons (Fsp3) is 0.143. The third-order valence-electron chi connectivity index (χ3n) is 2.99. The Hall–Kier alpha value is -3.36. The van der Waals surface area contributed by atoms with Crippen molar-refractivity contribution in [3.63, 3.8) is 0 Å². The van der Waals surface area contributed by atoms with E-state index in [1.165, 1.54) is 12.1 Å². The molecule has 0 bridgehead atoms. The predicted octanol–water partition coefficient (Wildman–Crippen LogP) is 0.0185. The van der Waals surface area contributed by atoms with E-state index in [4.69, 9.17) is 0 Å². The lowest BCUT2D eigenvalue weighted by atomic mass is 10.1. The summed E-state index contributed by atoms with van der Waals surface area (Å²) in [6, 6.07) is 5.87. The van der Waals surface area contributed by atoms with Crippen molar-refractivity contribution >= 4 is 11.6 Å². The summed E-state index contributed by atoms with van der Waals surface area (Å²) in [6.07, 6.45) is 0.198. The molecule has 0 aliphatic carbocycles. The van der Waals surface area contributed by atoms with E-state index >= 15 is 0 Å². The molecule has 1 amide bonds. The minimum Gasteiger partial charge on any atom is -0.507 e. The number of aromatic nitrogens is 2. The Kier molecular flexibility index (Phi) is 4.60. The van der Waals surface area contributed by atoms with Crippen LogP contribution in [-0.4, -0.2) is 31.8 Å². The van der Waals surface area contributed by atoms with E-state index in [1.54, 1.807) is 19.1 Å². The molecule has 0 saturated heterocycles. The smallest absolute Gasteiger partial charge is 0.328 e. The van der Waals surface area contributed by atoms with Crippen molar-refractivity contribution in [1.29, 1.82) is 0 Å². The van der Waals surface area contributed by atoms with E-state index in [2.05, 4.69) is 10.5 Å². The summed E-state index contributed by atoms with van der Waals surface area (Å²) in [5, 5.41) is 23.1. The van der Waals surface area contributed by atoms with Gasteiger partial charge in [-0.15, -0.1) is 0 Å². The van der Waals surface area contributed by atoms with E-state index < -0.39 is 23.0 Å². The van der Waals surface area contributed by atoms with Crippen LogP contribution in [0.3, 0.4) is 0 Å². The molecule has 1 aromatic carbocycles. The molecule has 9 heteroatoms. The number of carbonyl (C=O) groups excluding carboxylic acids is 1. The number of nitrogens with zero attached hydrogens (tertiary/aromatic N) is 1. The van der Waals surface area contributed by atoms with Crippen LogP contribution in [0, 0.1) is 0 Å². The molecule has 0 spiro atoms. The largest absolute Gasteiger partial charge is 0.507 e. The highest BCUT2D eigenvalue weighted by molar-refractivity contribution is 6.03. The molecule has 0 saturated carbocycles. The molecule has 2 rings (SSSR count). The monoisotopic (exact) mass is 318 g/mol. The number of benzene rings is 1. The van der Waals surface area contributed by atoms with E-state index in [9.17, 15) is 24.6 Å². The lowest BCUT2D eigenvalue weighted by Crippen LogP contribution is -2.29. The van der Waals surface area contributed by atoms with Gasteiger partial charge in [0.05, 0.1) is 11.3 Å². The Bertz CT molecular complexity index is 881. The minimum atomic E-state index is -0.857. The van der Waals surface area contributed by atoms with E-state index in [1.807, 2.05) is 9.97 Å². The zero-order valence-corrected chi connectivity index (χ0v) is 12.1. The Morgan fingerprint density at radius 3 is 2.52 bits per heavy atom. The van der Waals surface area contributed by atoms with Crippen molar-refractivity contribution < 1.29 is 15.0 Å². The molecule has 23 heavy (non-hydrogen) atoms. The maximum absolute atomic E-state index is 12.0. The molecular weight excluding hydrogens is 304 g/mol. The number of H-pyrrole nitrogens is 2. The molecule has 0 radical (unpaired) electrons. The Morgan fingerprint density at radius 1 is 1.22 bits per heavy atom. The number of aromatic amines is 2. The average Bonchev–Trinajstić information content (AvgIpc) is 2.49. The number of para-hydroxylation sites is 1. The summed E-state index contributed by atoms with van der Waals surface area (Å²) < 4.78 is 0. The number of rotatable bonds is 4. The number of carbonyl (C=O) groups is 1. The summed E-state index contributed by atoms with van der Waals surface area (Å²) in [5.74, 6) is -1.55. The molecular formula is C14H14N4O5. The normalized spacial score (nSPS) is 11.3.